The maximum absolute atomic E-state index is 13.7. The summed E-state index contributed by atoms with van der Waals surface area (Å²) in [6.07, 6.45) is 22.1. The SMILES string of the molecule is C/C1=C/CC/C(C)=C2/CC/C2=C/C1.C=C(CC(C)C)C1=C(O)C(CC=C(C)C)=C(O)C(O)(CC=C(C)C)C1=O.CC(C)=CCC1=C(O)C(CC=C(C)C)(CC=C(C)C)C(=O)C(C(=O)CC(C)C)=C1O. The fraction of sp³-hybridized carbons (Fsp3) is 0.525. The van der Waals surface area contributed by atoms with Gasteiger partial charge in [-0.25, -0.2) is 0 Å². The molecule has 0 bridgehead atoms. The monoisotopic (exact) mass is 949 g/mol. The van der Waals surface area contributed by atoms with Crippen molar-refractivity contribution >= 4 is 17.3 Å². The molecular formula is C61H88O8. The Morgan fingerprint density at radius 1 is 0.623 bits per heavy atom. The molecule has 0 amide bonds. The van der Waals surface area contributed by atoms with E-state index in [0.29, 0.717) is 12.0 Å². The second-order valence-corrected chi connectivity index (χ2v) is 21.6. The predicted molar refractivity (Wildman–Crippen MR) is 287 cm³/mol. The van der Waals surface area contributed by atoms with Crippen LogP contribution in [0.1, 0.15) is 188 Å². The van der Waals surface area contributed by atoms with E-state index in [1.54, 1.807) is 22.8 Å². The first kappa shape index (κ1) is 59.9. The minimum atomic E-state index is -2.08. The first-order valence-electron chi connectivity index (χ1n) is 25.0. The number of aliphatic hydroxyl groups excluding tert-OH is 4. The lowest BCUT2D eigenvalue weighted by atomic mass is 9.66. The molecule has 0 aromatic heterocycles. The largest absolute Gasteiger partial charge is 0.511 e. The topological polar surface area (TPSA) is 152 Å². The van der Waals surface area contributed by atoms with Gasteiger partial charge in [-0.1, -0.05) is 116 Å². The molecular weight excluding hydrogens is 861 g/mol. The van der Waals surface area contributed by atoms with Gasteiger partial charge >= 0.3 is 0 Å². The van der Waals surface area contributed by atoms with E-state index >= 15 is 0 Å². The van der Waals surface area contributed by atoms with Gasteiger partial charge in [0, 0.05) is 24.0 Å². The molecule has 4 aliphatic rings. The zero-order valence-electron chi connectivity index (χ0n) is 45.3. The van der Waals surface area contributed by atoms with Crippen LogP contribution in [0.25, 0.3) is 0 Å². The minimum absolute atomic E-state index is 0.0262. The van der Waals surface area contributed by atoms with E-state index < -0.39 is 28.3 Å². The summed E-state index contributed by atoms with van der Waals surface area (Å²) in [5, 5.41) is 54.6. The highest BCUT2D eigenvalue weighted by Crippen LogP contribution is 2.47. The van der Waals surface area contributed by atoms with Crippen molar-refractivity contribution in [2.75, 3.05) is 0 Å². The zero-order valence-corrected chi connectivity index (χ0v) is 45.3. The van der Waals surface area contributed by atoms with E-state index in [1.807, 2.05) is 121 Å². The van der Waals surface area contributed by atoms with Crippen molar-refractivity contribution in [2.24, 2.45) is 17.3 Å². The Bertz CT molecular complexity index is 2320. The highest BCUT2D eigenvalue weighted by atomic mass is 16.3. The van der Waals surface area contributed by atoms with Crippen LogP contribution in [0.4, 0.5) is 0 Å². The molecule has 4 rings (SSSR count). The summed E-state index contributed by atoms with van der Waals surface area (Å²) in [6, 6.07) is 0. The molecule has 1 unspecified atom stereocenters. The predicted octanol–water partition coefficient (Wildman–Crippen LogP) is 16.3. The van der Waals surface area contributed by atoms with Gasteiger partial charge in [-0.05, 0) is 176 Å². The molecule has 0 aromatic carbocycles. The van der Waals surface area contributed by atoms with Gasteiger partial charge in [-0.2, -0.15) is 0 Å². The molecule has 0 radical (unpaired) electrons. The van der Waals surface area contributed by atoms with Crippen molar-refractivity contribution in [3.63, 3.8) is 0 Å². The van der Waals surface area contributed by atoms with Crippen molar-refractivity contribution in [3.8, 4) is 0 Å². The number of allylic oxidation sites excluding steroid dienone is 20. The van der Waals surface area contributed by atoms with Gasteiger partial charge in [-0.15, -0.1) is 0 Å². The van der Waals surface area contributed by atoms with Crippen LogP contribution in [0, 0.1) is 17.3 Å². The number of Topliss-reactive ketones (excluding diaryl/α,β-unsaturated/α-hetero) is 3. The lowest BCUT2D eigenvalue weighted by molar-refractivity contribution is -0.132. The van der Waals surface area contributed by atoms with Gasteiger partial charge in [-0.3, -0.25) is 14.4 Å². The maximum atomic E-state index is 13.7. The Labute approximate surface area is 416 Å². The Kier molecular flexibility index (Phi) is 23.2. The van der Waals surface area contributed by atoms with E-state index in [0.717, 1.165) is 27.9 Å². The third kappa shape index (κ3) is 16.4. The molecule has 0 spiro atoms. The summed E-state index contributed by atoms with van der Waals surface area (Å²) >= 11 is 0. The fourth-order valence-electron chi connectivity index (χ4n) is 8.51. The van der Waals surface area contributed by atoms with Crippen LogP contribution >= 0.6 is 0 Å². The second kappa shape index (κ2) is 26.7. The third-order valence-corrected chi connectivity index (χ3v) is 12.8. The molecule has 0 heterocycles. The van der Waals surface area contributed by atoms with Gasteiger partial charge in [0.2, 0.25) is 5.78 Å². The Balaban J connectivity index is 0.000000379. The van der Waals surface area contributed by atoms with Crippen molar-refractivity contribution in [1.29, 1.82) is 0 Å². The number of hydrogen-bond donors (Lipinski definition) is 5. The second-order valence-electron chi connectivity index (χ2n) is 21.6. The molecule has 8 heteroatoms. The smallest absolute Gasteiger partial charge is 0.206 e. The number of hydrogen-bond acceptors (Lipinski definition) is 8. The molecule has 4 aliphatic carbocycles. The Morgan fingerprint density at radius 3 is 1.54 bits per heavy atom. The molecule has 0 aliphatic heterocycles. The quantitative estimate of drug-likeness (QED) is 0.0757. The zero-order chi connectivity index (χ0) is 52.7. The lowest BCUT2D eigenvalue weighted by Gasteiger charge is -2.36. The Morgan fingerprint density at radius 2 is 1.09 bits per heavy atom. The van der Waals surface area contributed by atoms with Crippen LogP contribution in [-0.2, 0) is 14.4 Å². The van der Waals surface area contributed by atoms with Crippen LogP contribution < -0.4 is 0 Å². The number of ketones is 3. The average Bonchev–Trinajstić information content (AvgIpc) is 3.25. The van der Waals surface area contributed by atoms with Gasteiger partial charge in [0.1, 0.15) is 28.6 Å². The summed E-state index contributed by atoms with van der Waals surface area (Å²) in [7, 11) is 0. The average molecular weight is 949 g/mol. The number of carbonyl (C=O) groups is 3. The van der Waals surface area contributed by atoms with E-state index in [2.05, 4.69) is 32.6 Å². The molecule has 5 N–H and O–H groups in total. The first-order valence-corrected chi connectivity index (χ1v) is 25.0. The summed E-state index contributed by atoms with van der Waals surface area (Å²) in [4.78, 5) is 39.7. The van der Waals surface area contributed by atoms with E-state index in [-0.39, 0.29) is 95.7 Å². The van der Waals surface area contributed by atoms with Crippen molar-refractivity contribution in [1.82, 2.24) is 0 Å². The molecule has 0 aromatic rings. The number of fused-ring (bicyclic) bond motifs is 1. The first-order chi connectivity index (χ1) is 32.0. The van der Waals surface area contributed by atoms with E-state index in [1.165, 1.54) is 37.7 Å². The Hall–Kier alpha value is -5.21. The van der Waals surface area contributed by atoms with Gasteiger partial charge in [0.25, 0.3) is 0 Å². The van der Waals surface area contributed by atoms with Gasteiger partial charge < -0.3 is 25.5 Å². The normalized spacial score (nSPS) is 21.6. The molecule has 1 atom stereocenters. The highest BCUT2D eigenvalue weighted by molar-refractivity contribution is 6.24. The summed E-state index contributed by atoms with van der Waals surface area (Å²) < 4.78 is 0. The summed E-state index contributed by atoms with van der Waals surface area (Å²) in [5.41, 5.74) is 8.87. The van der Waals surface area contributed by atoms with Crippen LogP contribution in [0.2, 0.25) is 0 Å². The summed E-state index contributed by atoms with van der Waals surface area (Å²) in [5.74, 6) is -2.51. The van der Waals surface area contributed by atoms with Crippen LogP contribution in [-0.4, -0.2) is 48.5 Å². The third-order valence-electron chi connectivity index (χ3n) is 12.8. The fourth-order valence-corrected chi connectivity index (χ4v) is 8.51. The highest BCUT2D eigenvalue weighted by Gasteiger charge is 2.50. The lowest BCUT2D eigenvalue weighted by Crippen LogP contribution is -2.45. The molecule has 1 fully saturated rings. The standard InChI is InChI=1S/C26H38O4.C22H32O4.C13H18/c1-16(2)9-10-20-23(28)22(21(27)15-19(7)8)25(30)26(24(20)29,13-11-17(3)4)14-12-18(5)6;1-13(2)8-9-17-19(23)18(16(7)12-15(5)6)21(25)22(26,20(17)24)11-10-14(3)4;1-10-4-3-5-11(2)13-9-8-12(13)7-6-10/h9,11-12,19,28-29H,10,13-15H2,1-8H3;8,10,15,23-24,26H,7,9,11-12H2,1-6H3;4,7H,3,5-6,8-9H2,1-2H3/b;;10-4-,12-7-,13-11-. The number of rotatable bonds is 16. The number of aliphatic hydroxyl groups is 5. The van der Waals surface area contributed by atoms with E-state index in [4.69, 9.17) is 0 Å². The molecule has 0 saturated heterocycles. The van der Waals surface area contributed by atoms with Gasteiger partial charge in [0.15, 0.2) is 17.2 Å². The molecule has 69 heavy (non-hydrogen) atoms. The van der Waals surface area contributed by atoms with Gasteiger partial charge in [0.05, 0.1) is 11.0 Å². The maximum Gasteiger partial charge on any atom is 0.206 e. The van der Waals surface area contributed by atoms with Crippen LogP contribution in [0.15, 0.2) is 150 Å². The number of carbonyl (C=O) groups excluding carboxylic acids is 3. The van der Waals surface area contributed by atoms with Crippen molar-refractivity contribution < 1.29 is 39.9 Å². The summed E-state index contributed by atoms with van der Waals surface area (Å²) in [6.45, 7) is 35.4. The van der Waals surface area contributed by atoms with Crippen molar-refractivity contribution in [2.45, 2.75) is 193 Å². The minimum Gasteiger partial charge on any atom is -0.511 e. The molecule has 8 nitrogen and oxygen atoms in total. The van der Waals surface area contributed by atoms with Crippen molar-refractivity contribution in [3.05, 3.63) is 150 Å². The molecule has 380 valence electrons. The molecule has 1 saturated carbocycles. The van der Waals surface area contributed by atoms with E-state index in [9.17, 15) is 39.9 Å². The van der Waals surface area contributed by atoms with Crippen LogP contribution in [0.3, 0.4) is 0 Å². The van der Waals surface area contributed by atoms with Crippen LogP contribution in [0.5, 0.6) is 0 Å².